The van der Waals surface area contributed by atoms with E-state index in [4.69, 9.17) is 39.5 Å². The lowest BCUT2D eigenvalue weighted by atomic mass is 9.83. The molecule has 0 unspecified atom stereocenters. The number of aryl methyl sites for hydroxylation is 2. The first-order valence-electron chi connectivity index (χ1n) is 15.8. The van der Waals surface area contributed by atoms with E-state index in [1.807, 2.05) is 6.26 Å². The maximum atomic E-state index is 13.1. The first kappa shape index (κ1) is 29.1. The van der Waals surface area contributed by atoms with Crippen LogP contribution in [-0.4, -0.2) is 43.5 Å². The van der Waals surface area contributed by atoms with E-state index in [1.54, 1.807) is 0 Å². The van der Waals surface area contributed by atoms with Crippen LogP contribution in [0, 0.1) is 0 Å². The number of anilines is 1. The van der Waals surface area contributed by atoms with Gasteiger partial charge in [0, 0.05) is 69.6 Å². The summed E-state index contributed by atoms with van der Waals surface area (Å²) in [6.07, 6.45) is 12.4. The van der Waals surface area contributed by atoms with Crippen molar-refractivity contribution >= 4 is 63.8 Å². The number of thioether (sulfide) groups is 1. The van der Waals surface area contributed by atoms with Crippen molar-refractivity contribution in [3.8, 4) is 11.5 Å². The molecule has 0 saturated carbocycles. The molecule has 5 aliphatic rings. The van der Waals surface area contributed by atoms with Crippen LogP contribution in [0.5, 0.6) is 11.5 Å². The highest BCUT2D eigenvalue weighted by Gasteiger charge is 2.38. The van der Waals surface area contributed by atoms with Gasteiger partial charge in [-0.25, -0.2) is 9.37 Å². The fourth-order valence-corrected chi connectivity index (χ4v) is 10.2. The van der Waals surface area contributed by atoms with Gasteiger partial charge >= 0.3 is 5.97 Å². The van der Waals surface area contributed by atoms with E-state index in [-0.39, 0.29) is 15.6 Å². The molecule has 3 aromatic rings. The standard InChI is InChI=1S/C35H33Cl3N2O3S/c1-44-34-28(37)25(26(35(41)42)27(36)29(34)38)24-22-16-18-8-2-4-12-39-14-6-10-20(30(18)39)32(22)43-33-21-11-7-15-40-13-5-3-9-19(31(21)40)17-23(24)33/h16-17H,2-15H2,1H3/p+1. The van der Waals surface area contributed by atoms with Crippen LogP contribution in [0.15, 0.2) is 17.0 Å². The number of carbonyl (C=O) groups is 1. The fraction of sp³-hybridized carbons (Fsp3) is 0.429. The van der Waals surface area contributed by atoms with Crippen molar-refractivity contribution in [2.45, 2.75) is 69.1 Å². The molecule has 8 rings (SSSR count). The Morgan fingerprint density at radius 2 is 1.61 bits per heavy atom. The van der Waals surface area contributed by atoms with Crippen molar-refractivity contribution in [3.05, 3.63) is 76.7 Å². The van der Waals surface area contributed by atoms with E-state index in [0.29, 0.717) is 15.5 Å². The van der Waals surface area contributed by atoms with Crippen LogP contribution >= 0.6 is 46.6 Å². The van der Waals surface area contributed by atoms with Crippen LogP contribution in [-0.2, 0) is 25.7 Å². The molecule has 44 heavy (non-hydrogen) atoms. The Morgan fingerprint density at radius 3 is 2.43 bits per heavy atom. The van der Waals surface area contributed by atoms with Gasteiger partial charge in [0.1, 0.15) is 24.6 Å². The number of fused-ring (bicyclic) bond motifs is 4. The molecule has 1 N–H and O–H groups in total. The Labute approximate surface area is 276 Å². The van der Waals surface area contributed by atoms with Gasteiger partial charge in [-0.2, -0.15) is 0 Å². The van der Waals surface area contributed by atoms with E-state index < -0.39 is 5.97 Å². The number of nitrogens with zero attached hydrogens (tertiary/aromatic N) is 2. The second-order valence-corrected chi connectivity index (χ2v) is 14.5. The zero-order valence-corrected chi connectivity index (χ0v) is 27.8. The molecule has 9 heteroatoms. The van der Waals surface area contributed by atoms with Gasteiger partial charge < -0.3 is 14.7 Å². The van der Waals surface area contributed by atoms with Gasteiger partial charge in [0.15, 0.2) is 0 Å². The number of aromatic carboxylic acids is 1. The van der Waals surface area contributed by atoms with E-state index >= 15 is 0 Å². The number of ether oxygens (including phenoxy) is 1. The van der Waals surface area contributed by atoms with Crippen LogP contribution in [0.4, 0.5) is 5.69 Å². The molecular formula is C35H34Cl3N2O3S+. The third kappa shape index (κ3) is 4.27. The van der Waals surface area contributed by atoms with Gasteiger partial charge in [-0.05, 0) is 75.3 Å². The molecule has 228 valence electrons. The molecule has 5 nitrogen and oxygen atoms in total. The molecule has 0 fully saturated rings. The molecule has 5 heterocycles. The van der Waals surface area contributed by atoms with Gasteiger partial charge in [0.05, 0.1) is 26.2 Å². The zero-order valence-electron chi connectivity index (χ0n) is 24.8. The van der Waals surface area contributed by atoms with Gasteiger partial charge in [-0.15, -0.1) is 11.8 Å². The highest BCUT2D eigenvalue weighted by molar-refractivity contribution is 7.98. The first-order chi connectivity index (χ1) is 21.4. The fourth-order valence-electron chi connectivity index (χ4n) is 8.35. The highest BCUT2D eigenvalue weighted by Crippen LogP contribution is 2.52. The number of benzene rings is 3. The second-order valence-electron chi connectivity index (χ2n) is 12.6. The minimum atomic E-state index is -1.15. The first-order valence-corrected chi connectivity index (χ1v) is 18.2. The summed E-state index contributed by atoms with van der Waals surface area (Å²) in [6, 6.07) is 4.53. The molecule has 0 bridgehead atoms. The molecule has 0 spiro atoms. The third-order valence-electron chi connectivity index (χ3n) is 10.1. The molecule has 0 saturated heterocycles. The van der Waals surface area contributed by atoms with Crippen LogP contribution in [0.1, 0.15) is 82.3 Å². The normalized spacial score (nSPS) is 18.4. The lowest BCUT2D eigenvalue weighted by molar-refractivity contribution is 0.0696. The summed E-state index contributed by atoms with van der Waals surface area (Å²) in [5.74, 6) is 0.557. The predicted octanol–water partition coefficient (Wildman–Crippen LogP) is 7.28. The summed E-state index contributed by atoms with van der Waals surface area (Å²) in [5.41, 5.74) is 8.51. The molecule has 0 amide bonds. The summed E-state index contributed by atoms with van der Waals surface area (Å²) in [5, 5.41) is 13.4. The average molecular weight is 669 g/mol. The number of rotatable bonds is 3. The summed E-state index contributed by atoms with van der Waals surface area (Å²) < 4.78 is 9.72. The van der Waals surface area contributed by atoms with E-state index in [0.717, 1.165) is 118 Å². The van der Waals surface area contributed by atoms with Gasteiger partial charge in [-0.1, -0.05) is 34.8 Å². The SMILES string of the molecule is CSc1c(Cl)c(Cl)c(C(=O)O)c(C2=c3cc4c5c(c3Oc3c2cc2c6c3CCCN6CCCC2)CCC[N+]=5CCCC4)c1Cl. The number of halogens is 3. The van der Waals surface area contributed by atoms with Crippen molar-refractivity contribution in [2.24, 2.45) is 0 Å². The second kappa shape index (κ2) is 11.2. The number of hydrogen-bond acceptors (Lipinski definition) is 4. The number of hydrogen-bond donors (Lipinski definition) is 1. The largest absolute Gasteiger partial charge is 0.478 e. The minimum absolute atomic E-state index is 0.0227. The van der Waals surface area contributed by atoms with Gasteiger partial charge in [0.25, 0.3) is 0 Å². The Balaban J connectivity index is 1.58. The van der Waals surface area contributed by atoms with E-state index in [2.05, 4.69) is 21.6 Å². The Bertz CT molecular complexity index is 1920. The zero-order chi connectivity index (χ0) is 30.3. The highest BCUT2D eigenvalue weighted by atomic mass is 35.5. The summed E-state index contributed by atoms with van der Waals surface area (Å²) in [4.78, 5) is 16.2. The maximum Gasteiger partial charge on any atom is 0.337 e. The van der Waals surface area contributed by atoms with E-state index in [1.165, 1.54) is 45.1 Å². The molecular weight excluding hydrogens is 635 g/mol. The number of carboxylic acids is 1. The minimum Gasteiger partial charge on any atom is -0.478 e. The van der Waals surface area contributed by atoms with Gasteiger partial charge in [0.2, 0.25) is 5.36 Å². The molecule has 0 aliphatic carbocycles. The van der Waals surface area contributed by atoms with Crippen LogP contribution in [0.25, 0.3) is 5.57 Å². The summed E-state index contributed by atoms with van der Waals surface area (Å²) in [7, 11) is 0. The molecule has 0 atom stereocenters. The van der Waals surface area contributed by atoms with Crippen LogP contribution < -0.4 is 24.8 Å². The Hall–Kier alpha value is -2.38. The summed E-state index contributed by atoms with van der Waals surface area (Å²) >= 11 is 22.1. The Morgan fingerprint density at radius 1 is 0.864 bits per heavy atom. The Kier molecular flexibility index (Phi) is 7.36. The van der Waals surface area contributed by atoms with Crippen molar-refractivity contribution in [2.75, 3.05) is 37.3 Å². The quantitative estimate of drug-likeness (QED) is 0.141. The lowest BCUT2D eigenvalue weighted by Crippen LogP contribution is -2.41. The third-order valence-corrected chi connectivity index (χ3v) is 12.4. The molecule has 5 aliphatic heterocycles. The smallest absolute Gasteiger partial charge is 0.337 e. The van der Waals surface area contributed by atoms with Crippen molar-refractivity contribution in [3.63, 3.8) is 0 Å². The number of carboxylic acid groups (broad SMARTS) is 1. The van der Waals surface area contributed by atoms with Crippen molar-refractivity contribution < 1.29 is 14.6 Å². The van der Waals surface area contributed by atoms with Crippen molar-refractivity contribution in [1.82, 2.24) is 4.58 Å². The van der Waals surface area contributed by atoms with Crippen LogP contribution in [0.2, 0.25) is 15.1 Å². The monoisotopic (exact) mass is 667 g/mol. The summed E-state index contributed by atoms with van der Waals surface area (Å²) in [6.45, 7) is 4.22. The van der Waals surface area contributed by atoms with Crippen LogP contribution in [0.3, 0.4) is 0 Å². The van der Waals surface area contributed by atoms with E-state index in [9.17, 15) is 9.90 Å². The average Bonchev–Trinajstić information content (AvgIpc) is 3.36. The lowest BCUT2D eigenvalue weighted by Gasteiger charge is -2.36. The van der Waals surface area contributed by atoms with Gasteiger partial charge in [-0.3, -0.25) is 0 Å². The molecule has 0 radical (unpaired) electrons. The maximum absolute atomic E-state index is 13.1. The molecule has 0 aromatic heterocycles. The molecule has 3 aromatic carbocycles. The predicted molar refractivity (Wildman–Crippen MR) is 180 cm³/mol. The van der Waals surface area contributed by atoms with Crippen molar-refractivity contribution in [1.29, 1.82) is 0 Å². The topological polar surface area (TPSA) is 52.8 Å².